The van der Waals surface area contributed by atoms with Crippen molar-refractivity contribution in [1.29, 1.82) is 0 Å². The van der Waals surface area contributed by atoms with E-state index in [0.717, 1.165) is 18.4 Å². The van der Waals surface area contributed by atoms with Crippen molar-refractivity contribution in [2.75, 3.05) is 6.61 Å². The van der Waals surface area contributed by atoms with Crippen molar-refractivity contribution in [3.63, 3.8) is 0 Å². The fraction of sp³-hybridized carbons (Fsp3) is 0.500. The zero-order chi connectivity index (χ0) is 11.3. The van der Waals surface area contributed by atoms with Crippen LogP contribution in [0.2, 0.25) is 0 Å². The quantitative estimate of drug-likeness (QED) is 0.782. The zero-order valence-electron chi connectivity index (χ0n) is 9.23. The van der Waals surface area contributed by atoms with Gasteiger partial charge in [-0.15, -0.1) is 0 Å². The number of phenolic OH excluding ortho intramolecular Hbond substituents is 1. The molecule has 0 amide bonds. The third-order valence-electron chi connectivity index (χ3n) is 2.17. The van der Waals surface area contributed by atoms with E-state index in [-0.39, 0.29) is 11.9 Å². The molecular weight excluding hydrogens is 192 g/mol. The van der Waals surface area contributed by atoms with Gasteiger partial charge in [0.25, 0.3) is 0 Å². The van der Waals surface area contributed by atoms with Crippen LogP contribution in [0, 0.1) is 0 Å². The van der Waals surface area contributed by atoms with E-state index < -0.39 is 0 Å². The first-order valence-corrected chi connectivity index (χ1v) is 5.26. The van der Waals surface area contributed by atoms with Crippen molar-refractivity contribution in [3.8, 4) is 11.5 Å². The lowest BCUT2D eigenvalue weighted by atomic mass is 10.1. The highest BCUT2D eigenvalue weighted by molar-refractivity contribution is 5.41. The van der Waals surface area contributed by atoms with E-state index in [1.54, 1.807) is 13.0 Å². The van der Waals surface area contributed by atoms with E-state index in [2.05, 4.69) is 0 Å². The van der Waals surface area contributed by atoms with Crippen molar-refractivity contribution in [1.82, 2.24) is 0 Å². The minimum absolute atomic E-state index is 0.164. The molecule has 1 rings (SSSR count). The van der Waals surface area contributed by atoms with Gasteiger partial charge in [0.2, 0.25) is 0 Å². The Balaban J connectivity index is 2.69. The number of aromatic hydroxyl groups is 1. The number of aliphatic hydroxyl groups excluding tert-OH is 1. The summed E-state index contributed by atoms with van der Waals surface area (Å²) in [7, 11) is 0. The Morgan fingerprint density at radius 3 is 2.73 bits per heavy atom. The highest BCUT2D eigenvalue weighted by Gasteiger charge is 2.04. The van der Waals surface area contributed by atoms with Crippen LogP contribution in [-0.2, 0) is 6.42 Å². The van der Waals surface area contributed by atoms with E-state index in [0.29, 0.717) is 12.4 Å². The van der Waals surface area contributed by atoms with E-state index in [9.17, 15) is 5.11 Å². The summed E-state index contributed by atoms with van der Waals surface area (Å²) >= 11 is 0. The van der Waals surface area contributed by atoms with Crippen LogP contribution in [-0.4, -0.2) is 22.9 Å². The van der Waals surface area contributed by atoms with Gasteiger partial charge in [0, 0.05) is 0 Å². The van der Waals surface area contributed by atoms with E-state index >= 15 is 0 Å². The summed E-state index contributed by atoms with van der Waals surface area (Å²) in [5.74, 6) is 0.679. The number of hydrogen-bond donors (Lipinski definition) is 2. The average molecular weight is 210 g/mol. The van der Waals surface area contributed by atoms with Crippen LogP contribution in [0.1, 0.15) is 25.8 Å². The highest BCUT2D eigenvalue weighted by Crippen LogP contribution is 2.27. The predicted octanol–water partition coefficient (Wildman–Crippen LogP) is 2.10. The molecule has 1 aromatic rings. The Labute approximate surface area is 90.3 Å². The molecule has 2 N–H and O–H groups in total. The molecule has 0 aromatic heterocycles. The van der Waals surface area contributed by atoms with Crippen molar-refractivity contribution < 1.29 is 14.9 Å². The topological polar surface area (TPSA) is 49.7 Å². The van der Waals surface area contributed by atoms with Gasteiger partial charge < -0.3 is 14.9 Å². The summed E-state index contributed by atoms with van der Waals surface area (Å²) in [6.07, 6.45) is 1.21. The molecule has 1 aromatic carbocycles. The molecule has 3 nitrogen and oxygen atoms in total. The molecule has 0 aliphatic carbocycles. The maximum atomic E-state index is 9.47. The molecular formula is C12H18O3. The standard InChI is InChI=1S/C12H18O3/c1-3-15-12-8-10(5-4-9(2)13)6-7-11(12)14/h6-9,13-14H,3-5H2,1-2H3/t9-/m0/s1. The molecule has 0 saturated carbocycles. The van der Waals surface area contributed by atoms with Gasteiger partial charge in [-0.05, 0) is 44.4 Å². The molecule has 15 heavy (non-hydrogen) atoms. The number of aryl methyl sites for hydroxylation is 1. The van der Waals surface area contributed by atoms with Crippen LogP contribution >= 0.6 is 0 Å². The van der Waals surface area contributed by atoms with Crippen LogP contribution < -0.4 is 4.74 Å². The number of aliphatic hydroxyl groups is 1. The number of ether oxygens (including phenoxy) is 1. The van der Waals surface area contributed by atoms with Crippen molar-refractivity contribution in [2.45, 2.75) is 32.8 Å². The largest absolute Gasteiger partial charge is 0.504 e. The van der Waals surface area contributed by atoms with Gasteiger partial charge in [-0.25, -0.2) is 0 Å². The van der Waals surface area contributed by atoms with Crippen molar-refractivity contribution in [2.24, 2.45) is 0 Å². The Kier molecular flexibility index (Phi) is 4.43. The first-order valence-electron chi connectivity index (χ1n) is 5.26. The Hall–Kier alpha value is -1.22. The normalized spacial score (nSPS) is 12.5. The Bertz CT molecular complexity index is 308. The lowest BCUT2D eigenvalue weighted by Gasteiger charge is -2.09. The van der Waals surface area contributed by atoms with Crippen molar-refractivity contribution in [3.05, 3.63) is 23.8 Å². The minimum Gasteiger partial charge on any atom is -0.504 e. The van der Waals surface area contributed by atoms with Crippen LogP contribution in [0.15, 0.2) is 18.2 Å². The van der Waals surface area contributed by atoms with E-state index in [1.807, 2.05) is 19.1 Å². The predicted molar refractivity (Wildman–Crippen MR) is 59.3 cm³/mol. The second kappa shape index (κ2) is 5.61. The third-order valence-corrected chi connectivity index (χ3v) is 2.17. The van der Waals surface area contributed by atoms with E-state index in [1.165, 1.54) is 0 Å². The van der Waals surface area contributed by atoms with Crippen LogP contribution in [0.3, 0.4) is 0 Å². The van der Waals surface area contributed by atoms with Crippen LogP contribution in [0.4, 0.5) is 0 Å². The number of benzene rings is 1. The van der Waals surface area contributed by atoms with Crippen LogP contribution in [0.25, 0.3) is 0 Å². The zero-order valence-corrected chi connectivity index (χ0v) is 9.23. The van der Waals surface area contributed by atoms with Crippen molar-refractivity contribution >= 4 is 0 Å². The molecule has 3 heteroatoms. The summed E-state index contributed by atoms with van der Waals surface area (Å²) in [6, 6.07) is 5.30. The highest BCUT2D eigenvalue weighted by atomic mass is 16.5. The summed E-state index contributed by atoms with van der Waals surface area (Å²) in [4.78, 5) is 0. The molecule has 0 bridgehead atoms. The van der Waals surface area contributed by atoms with Gasteiger partial charge in [0.1, 0.15) is 0 Å². The first kappa shape index (κ1) is 11.9. The maximum absolute atomic E-state index is 9.47. The Morgan fingerprint density at radius 1 is 1.40 bits per heavy atom. The fourth-order valence-corrected chi connectivity index (χ4v) is 1.36. The lowest BCUT2D eigenvalue weighted by molar-refractivity contribution is 0.185. The molecule has 0 spiro atoms. The third kappa shape index (κ3) is 3.80. The lowest BCUT2D eigenvalue weighted by Crippen LogP contribution is -2.01. The molecule has 1 atom stereocenters. The fourth-order valence-electron chi connectivity index (χ4n) is 1.36. The number of hydrogen-bond acceptors (Lipinski definition) is 3. The van der Waals surface area contributed by atoms with Gasteiger partial charge in [0.05, 0.1) is 12.7 Å². The van der Waals surface area contributed by atoms with E-state index in [4.69, 9.17) is 9.84 Å². The van der Waals surface area contributed by atoms with Crippen LogP contribution in [0.5, 0.6) is 11.5 Å². The summed E-state index contributed by atoms with van der Waals surface area (Å²) < 4.78 is 5.27. The van der Waals surface area contributed by atoms with Gasteiger partial charge in [-0.2, -0.15) is 0 Å². The molecule has 84 valence electrons. The average Bonchev–Trinajstić information content (AvgIpc) is 2.19. The second-order valence-corrected chi connectivity index (χ2v) is 3.62. The molecule has 0 aliphatic rings. The molecule has 0 unspecified atom stereocenters. The summed E-state index contributed by atoms with van der Waals surface area (Å²) in [5, 5.41) is 18.6. The first-order chi connectivity index (χ1) is 7.13. The van der Waals surface area contributed by atoms with Gasteiger partial charge >= 0.3 is 0 Å². The number of phenols is 1. The molecule has 0 aliphatic heterocycles. The smallest absolute Gasteiger partial charge is 0.161 e. The molecule has 0 radical (unpaired) electrons. The molecule has 0 saturated heterocycles. The second-order valence-electron chi connectivity index (χ2n) is 3.62. The minimum atomic E-state index is -0.297. The molecule has 0 heterocycles. The SMILES string of the molecule is CCOc1cc(CC[C@H](C)O)ccc1O. The maximum Gasteiger partial charge on any atom is 0.161 e. The van der Waals surface area contributed by atoms with Gasteiger partial charge in [-0.1, -0.05) is 6.07 Å². The monoisotopic (exact) mass is 210 g/mol. The summed E-state index contributed by atoms with van der Waals surface area (Å²) in [5.41, 5.74) is 1.07. The molecule has 0 fully saturated rings. The van der Waals surface area contributed by atoms with Gasteiger partial charge in [0.15, 0.2) is 11.5 Å². The van der Waals surface area contributed by atoms with Gasteiger partial charge in [-0.3, -0.25) is 0 Å². The number of rotatable bonds is 5. The Morgan fingerprint density at radius 2 is 2.13 bits per heavy atom. The summed E-state index contributed by atoms with van der Waals surface area (Å²) in [6.45, 7) is 4.18.